The van der Waals surface area contributed by atoms with E-state index in [4.69, 9.17) is 9.72 Å². The van der Waals surface area contributed by atoms with Crippen LogP contribution in [0.25, 0.3) is 22.0 Å². The van der Waals surface area contributed by atoms with Crippen molar-refractivity contribution in [3.63, 3.8) is 0 Å². The highest BCUT2D eigenvalue weighted by Crippen LogP contribution is 2.34. The summed E-state index contributed by atoms with van der Waals surface area (Å²) in [6.45, 7) is 12.0. The molecular weight excluding hydrogens is 484 g/mol. The van der Waals surface area contributed by atoms with Gasteiger partial charge in [-0.2, -0.15) is 0 Å². The van der Waals surface area contributed by atoms with Gasteiger partial charge in [0.05, 0.1) is 17.7 Å². The predicted octanol–water partition coefficient (Wildman–Crippen LogP) is 7.49. The third kappa shape index (κ3) is 6.17. The third-order valence-corrected chi connectivity index (χ3v) is 7.76. The van der Waals surface area contributed by atoms with E-state index in [2.05, 4.69) is 67.2 Å². The van der Waals surface area contributed by atoms with E-state index in [1.54, 1.807) is 6.20 Å². The molecule has 1 aliphatic heterocycles. The van der Waals surface area contributed by atoms with Crippen LogP contribution in [-0.2, 0) is 0 Å². The average molecular weight is 525 g/mol. The molecule has 0 bridgehead atoms. The number of pyridine rings is 2. The van der Waals surface area contributed by atoms with Gasteiger partial charge in [-0.05, 0) is 106 Å². The number of nitrogens with zero attached hydrogens (tertiary/aromatic N) is 2. The number of H-pyrrole nitrogens is 1. The van der Waals surface area contributed by atoms with E-state index < -0.39 is 0 Å². The lowest BCUT2D eigenvalue weighted by Gasteiger charge is -2.41. The Kier molecular flexibility index (Phi) is 8.03. The van der Waals surface area contributed by atoms with Crippen molar-refractivity contribution in [3.8, 4) is 17.0 Å². The zero-order valence-electron chi connectivity index (χ0n) is 23.6. The maximum Gasteiger partial charge on any atom is 0.259 e. The Morgan fingerprint density at radius 3 is 2.51 bits per heavy atom. The normalized spacial score (nSPS) is 15.0. The van der Waals surface area contributed by atoms with Gasteiger partial charge in [-0.25, -0.2) is 4.98 Å². The number of para-hydroxylation sites is 1. The van der Waals surface area contributed by atoms with Gasteiger partial charge in [0.2, 0.25) is 0 Å². The monoisotopic (exact) mass is 524 g/mol. The fraction of sp³-hybridized carbons (Fsp3) is 0.394. The minimum Gasteiger partial charge on any atom is -0.493 e. The van der Waals surface area contributed by atoms with Gasteiger partial charge in [0.25, 0.3) is 5.56 Å². The van der Waals surface area contributed by atoms with E-state index in [1.165, 1.54) is 18.4 Å². The van der Waals surface area contributed by atoms with Crippen LogP contribution in [0, 0.1) is 0 Å². The molecule has 204 valence electrons. The molecule has 2 aromatic heterocycles. The first-order chi connectivity index (χ1) is 18.8. The Hall–Kier alpha value is -3.64. The number of nitrogens with one attached hydrogen (secondary N) is 2. The average Bonchev–Trinajstić information content (AvgIpc) is 2.93. The van der Waals surface area contributed by atoms with E-state index >= 15 is 0 Å². The number of aromatic amines is 1. The van der Waals surface area contributed by atoms with Crippen molar-refractivity contribution in [1.82, 2.24) is 14.9 Å². The van der Waals surface area contributed by atoms with Crippen LogP contribution in [-0.4, -0.2) is 40.1 Å². The molecule has 0 radical (unpaired) electrons. The first-order valence-electron chi connectivity index (χ1n) is 14.2. The van der Waals surface area contributed by atoms with Crippen LogP contribution < -0.4 is 15.6 Å². The molecule has 0 saturated carbocycles. The first kappa shape index (κ1) is 26.9. The summed E-state index contributed by atoms with van der Waals surface area (Å²) in [6.07, 6.45) is 6.10. The molecule has 0 atom stereocenters. The lowest BCUT2D eigenvalue weighted by Crippen LogP contribution is -2.45. The molecule has 0 aliphatic carbocycles. The summed E-state index contributed by atoms with van der Waals surface area (Å²) in [5.74, 6) is 1.92. The number of benzene rings is 2. The fourth-order valence-corrected chi connectivity index (χ4v) is 5.43. The number of fused-ring (bicyclic) bond motifs is 1. The summed E-state index contributed by atoms with van der Waals surface area (Å²) < 4.78 is 6.09. The van der Waals surface area contributed by atoms with Crippen LogP contribution in [0.2, 0.25) is 0 Å². The summed E-state index contributed by atoms with van der Waals surface area (Å²) in [5, 5.41) is 4.82. The Balaban J connectivity index is 1.42. The summed E-state index contributed by atoms with van der Waals surface area (Å²) in [4.78, 5) is 23.2. The standard InChI is InChI=1S/C33H40N4O2/c1-5-6-21-39-29-10-8-7-9-27(29)28-22-25-15-18-34-32(38)30(25)31(36-28)35-26-13-11-23(12-14-26)24-16-19-37(20-17-24)33(2,3)4/h7-15,18,22,24H,5-6,16-17,19-21H2,1-4H3,(H,34,38)(H,35,36). The van der Waals surface area contributed by atoms with Gasteiger partial charge in [-0.3, -0.25) is 9.69 Å². The van der Waals surface area contributed by atoms with Crippen LogP contribution in [0.1, 0.15) is 64.9 Å². The van der Waals surface area contributed by atoms with Gasteiger partial charge in [0, 0.05) is 23.0 Å². The molecule has 3 heterocycles. The van der Waals surface area contributed by atoms with E-state index in [0.29, 0.717) is 23.7 Å². The van der Waals surface area contributed by atoms with Crippen LogP contribution in [0.4, 0.5) is 11.5 Å². The highest BCUT2D eigenvalue weighted by atomic mass is 16.5. The second kappa shape index (κ2) is 11.6. The zero-order chi connectivity index (χ0) is 27.4. The van der Waals surface area contributed by atoms with Crippen molar-refractivity contribution in [1.29, 1.82) is 0 Å². The molecule has 2 aromatic carbocycles. The maximum atomic E-state index is 12.9. The van der Waals surface area contributed by atoms with Crippen LogP contribution in [0.15, 0.2) is 71.7 Å². The molecule has 2 N–H and O–H groups in total. The maximum absolute atomic E-state index is 12.9. The van der Waals surface area contributed by atoms with E-state index in [-0.39, 0.29) is 11.1 Å². The van der Waals surface area contributed by atoms with E-state index in [9.17, 15) is 4.79 Å². The van der Waals surface area contributed by atoms with E-state index in [0.717, 1.165) is 54.0 Å². The molecule has 0 unspecified atom stereocenters. The molecule has 0 amide bonds. The molecular formula is C33H40N4O2. The van der Waals surface area contributed by atoms with Crippen molar-refractivity contribution < 1.29 is 4.74 Å². The lowest BCUT2D eigenvalue weighted by atomic mass is 9.87. The number of anilines is 2. The lowest BCUT2D eigenvalue weighted by molar-refractivity contribution is 0.102. The molecule has 6 heteroatoms. The van der Waals surface area contributed by atoms with Gasteiger partial charge in [-0.15, -0.1) is 0 Å². The quantitative estimate of drug-likeness (QED) is 0.234. The van der Waals surface area contributed by atoms with E-state index in [1.807, 2.05) is 36.4 Å². The van der Waals surface area contributed by atoms with Gasteiger partial charge in [0.1, 0.15) is 11.6 Å². The first-order valence-corrected chi connectivity index (χ1v) is 14.2. The second-order valence-electron chi connectivity index (χ2n) is 11.5. The highest BCUT2D eigenvalue weighted by molar-refractivity contribution is 5.95. The number of piperidine rings is 1. The topological polar surface area (TPSA) is 70.2 Å². The van der Waals surface area contributed by atoms with Gasteiger partial charge < -0.3 is 15.0 Å². The molecule has 6 nitrogen and oxygen atoms in total. The summed E-state index contributed by atoms with van der Waals surface area (Å²) in [6, 6.07) is 20.5. The van der Waals surface area contributed by atoms with Gasteiger partial charge in [-0.1, -0.05) is 37.6 Å². The number of unbranched alkanes of at least 4 members (excludes halogenated alkanes) is 1. The largest absolute Gasteiger partial charge is 0.493 e. The molecule has 1 aliphatic rings. The Bertz CT molecular complexity index is 1460. The molecule has 4 aromatic rings. The molecule has 1 saturated heterocycles. The SMILES string of the molecule is CCCCOc1ccccc1-c1cc2cc[nH]c(=O)c2c(Nc2ccc(C3CCN(C(C)(C)C)CC3)cc2)n1. The van der Waals surface area contributed by atoms with Crippen molar-refractivity contribution in [2.24, 2.45) is 0 Å². The number of aromatic nitrogens is 2. The number of ether oxygens (including phenoxy) is 1. The molecule has 0 spiro atoms. The van der Waals surface area contributed by atoms with Crippen molar-refractivity contribution in [3.05, 3.63) is 82.8 Å². The van der Waals surface area contributed by atoms with Crippen molar-refractivity contribution in [2.75, 3.05) is 25.0 Å². The summed E-state index contributed by atoms with van der Waals surface area (Å²) in [5.41, 5.74) is 4.02. The Labute approximate surface area is 231 Å². The van der Waals surface area contributed by atoms with Crippen LogP contribution >= 0.6 is 0 Å². The Morgan fingerprint density at radius 1 is 1.05 bits per heavy atom. The number of hydrogen-bond donors (Lipinski definition) is 2. The van der Waals surface area contributed by atoms with Crippen molar-refractivity contribution >= 4 is 22.3 Å². The van der Waals surface area contributed by atoms with Crippen molar-refractivity contribution in [2.45, 2.75) is 64.8 Å². The zero-order valence-corrected chi connectivity index (χ0v) is 23.6. The second-order valence-corrected chi connectivity index (χ2v) is 11.5. The van der Waals surface area contributed by atoms with Crippen LogP contribution in [0.5, 0.6) is 5.75 Å². The number of likely N-dealkylation sites (tertiary alicyclic amines) is 1. The Morgan fingerprint density at radius 2 is 1.79 bits per heavy atom. The minimum absolute atomic E-state index is 0.163. The molecule has 39 heavy (non-hydrogen) atoms. The third-order valence-electron chi connectivity index (χ3n) is 7.76. The fourth-order valence-electron chi connectivity index (χ4n) is 5.43. The number of rotatable bonds is 8. The molecule has 5 rings (SSSR count). The minimum atomic E-state index is -0.163. The molecule has 1 fully saturated rings. The number of hydrogen-bond acceptors (Lipinski definition) is 5. The predicted molar refractivity (Wildman–Crippen MR) is 161 cm³/mol. The highest BCUT2D eigenvalue weighted by Gasteiger charge is 2.27. The smallest absolute Gasteiger partial charge is 0.259 e. The van der Waals surface area contributed by atoms with Crippen LogP contribution in [0.3, 0.4) is 0 Å². The summed E-state index contributed by atoms with van der Waals surface area (Å²) in [7, 11) is 0. The van der Waals surface area contributed by atoms with Gasteiger partial charge >= 0.3 is 0 Å². The van der Waals surface area contributed by atoms with Gasteiger partial charge in [0.15, 0.2) is 0 Å². The summed E-state index contributed by atoms with van der Waals surface area (Å²) >= 11 is 0.